The Morgan fingerprint density at radius 3 is 2.44 bits per heavy atom. The number of likely N-dealkylation sites (tertiary alicyclic amines) is 1. The summed E-state index contributed by atoms with van der Waals surface area (Å²) < 4.78 is 0. The molecule has 0 spiro atoms. The fraction of sp³-hybridized carbons (Fsp3) is 0.350. The van der Waals surface area contributed by atoms with Gasteiger partial charge in [0.1, 0.15) is 0 Å². The molecule has 2 aromatic carbocycles. The van der Waals surface area contributed by atoms with Gasteiger partial charge in [0.25, 0.3) is 5.91 Å². The van der Waals surface area contributed by atoms with Crippen LogP contribution in [0, 0.1) is 6.92 Å². The van der Waals surface area contributed by atoms with E-state index in [2.05, 4.69) is 41.4 Å². The van der Waals surface area contributed by atoms with Gasteiger partial charge in [0.15, 0.2) is 0 Å². The quantitative estimate of drug-likeness (QED) is 0.807. The Morgan fingerprint density at radius 1 is 1.12 bits per heavy atom. The van der Waals surface area contributed by atoms with Crippen LogP contribution < -0.4 is 5.32 Å². The summed E-state index contributed by atoms with van der Waals surface area (Å²) in [5, 5.41) is 3.94. The molecule has 0 aromatic heterocycles. The van der Waals surface area contributed by atoms with E-state index in [-0.39, 0.29) is 11.9 Å². The lowest BCUT2D eigenvalue weighted by atomic mass is 10.0. The first kappa shape index (κ1) is 18.2. The summed E-state index contributed by atoms with van der Waals surface area (Å²) in [6.07, 6.45) is 2.42. The monoisotopic (exact) mass is 376 g/mol. The van der Waals surface area contributed by atoms with Crippen molar-refractivity contribution in [3.05, 3.63) is 69.2 Å². The van der Waals surface area contributed by atoms with Crippen molar-refractivity contribution >= 4 is 29.1 Å². The molecule has 25 heavy (non-hydrogen) atoms. The molecule has 0 bridgehead atoms. The van der Waals surface area contributed by atoms with Gasteiger partial charge in [0.2, 0.25) is 0 Å². The highest BCUT2D eigenvalue weighted by molar-refractivity contribution is 6.36. The second-order valence-corrected chi connectivity index (χ2v) is 7.35. The van der Waals surface area contributed by atoms with Crippen molar-refractivity contribution in [2.45, 2.75) is 25.8 Å². The van der Waals surface area contributed by atoms with E-state index in [1.807, 2.05) is 0 Å². The first-order chi connectivity index (χ1) is 12.0. The number of rotatable bonds is 5. The fourth-order valence-electron chi connectivity index (χ4n) is 3.26. The Hall–Kier alpha value is -1.55. The van der Waals surface area contributed by atoms with Crippen LogP contribution in [-0.2, 0) is 0 Å². The van der Waals surface area contributed by atoms with Crippen LogP contribution in [0.15, 0.2) is 42.5 Å². The van der Waals surface area contributed by atoms with Gasteiger partial charge in [-0.05, 0) is 56.6 Å². The number of carbonyl (C=O) groups excluding carboxylic acids is 1. The number of aryl methyl sites for hydroxylation is 1. The molecule has 1 aliphatic heterocycles. The summed E-state index contributed by atoms with van der Waals surface area (Å²) in [7, 11) is 0. The first-order valence-electron chi connectivity index (χ1n) is 8.58. The molecule has 1 heterocycles. The van der Waals surface area contributed by atoms with E-state index >= 15 is 0 Å². The number of hydrogen-bond acceptors (Lipinski definition) is 2. The van der Waals surface area contributed by atoms with E-state index in [1.165, 1.54) is 24.0 Å². The Bertz CT molecular complexity index is 740. The van der Waals surface area contributed by atoms with Crippen molar-refractivity contribution in [2.75, 3.05) is 19.6 Å². The topological polar surface area (TPSA) is 32.3 Å². The summed E-state index contributed by atoms with van der Waals surface area (Å²) in [5.41, 5.74) is 2.92. The molecule has 1 unspecified atom stereocenters. The van der Waals surface area contributed by atoms with E-state index in [0.717, 1.165) is 13.1 Å². The van der Waals surface area contributed by atoms with Gasteiger partial charge in [0, 0.05) is 11.6 Å². The lowest BCUT2D eigenvalue weighted by molar-refractivity contribution is 0.0938. The smallest absolute Gasteiger partial charge is 0.252 e. The van der Waals surface area contributed by atoms with Crippen molar-refractivity contribution in [1.29, 1.82) is 0 Å². The molecule has 1 aliphatic rings. The van der Waals surface area contributed by atoms with Gasteiger partial charge in [-0.2, -0.15) is 0 Å². The van der Waals surface area contributed by atoms with Gasteiger partial charge in [-0.25, -0.2) is 0 Å². The first-order valence-corrected chi connectivity index (χ1v) is 9.34. The third kappa shape index (κ3) is 4.55. The Morgan fingerprint density at radius 2 is 1.80 bits per heavy atom. The van der Waals surface area contributed by atoms with E-state index in [9.17, 15) is 4.79 Å². The number of benzene rings is 2. The van der Waals surface area contributed by atoms with Crippen LogP contribution >= 0.6 is 23.2 Å². The van der Waals surface area contributed by atoms with Crippen LogP contribution in [0.3, 0.4) is 0 Å². The van der Waals surface area contributed by atoms with Crippen LogP contribution in [0.2, 0.25) is 10.0 Å². The van der Waals surface area contributed by atoms with Gasteiger partial charge >= 0.3 is 0 Å². The van der Waals surface area contributed by atoms with Crippen molar-refractivity contribution in [1.82, 2.24) is 10.2 Å². The molecule has 3 rings (SSSR count). The molecule has 1 N–H and O–H groups in total. The molecule has 1 saturated heterocycles. The summed E-state index contributed by atoms with van der Waals surface area (Å²) in [5.74, 6) is -0.169. The average molecular weight is 377 g/mol. The number of nitrogens with one attached hydrogen (secondary N) is 1. The molecule has 1 atom stereocenters. The van der Waals surface area contributed by atoms with Crippen LogP contribution in [0.4, 0.5) is 0 Å². The highest BCUT2D eigenvalue weighted by atomic mass is 35.5. The highest BCUT2D eigenvalue weighted by Crippen LogP contribution is 2.26. The molecule has 3 nitrogen and oxygen atoms in total. The predicted molar refractivity (Wildman–Crippen MR) is 104 cm³/mol. The summed E-state index contributed by atoms with van der Waals surface area (Å²) in [4.78, 5) is 15.0. The maximum absolute atomic E-state index is 12.5. The second kappa shape index (κ2) is 8.22. The van der Waals surface area contributed by atoms with Gasteiger partial charge < -0.3 is 5.32 Å². The summed E-state index contributed by atoms with van der Waals surface area (Å²) >= 11 is 12.1. The number of carbonyl (C=O) groups is 1. The lowest BCUT2D eigenvalue weighted by Gasteiger charge is -2.28. The van der Waals surface area contributed by atoms with Crippen LogP contribution in [0.25, 0.3) is 0 Å². The van der Waals surface area contributed by atoms with Crippen molar-refractivity contribution in [2.24, 2.45) is 0 Å². The zero-order chi connectivity index (χ0) is 17.8. The van der Waals surface area contributed by atoms with Crippen molar-refractivity contribution in [3.8, 4) is 0 Å². The zero-order valence-electron chi connectivity index (χ0n) is 14.3. The summed E-state index contributed by atoms with van der Waals surface area (Å²) in [6.45, 7) is 4.77. The van der Waals surface area contributed by atoms with E-state index in [4.69, 9.17) is 23.2 Å². The van der Waals surface area contributed by atoms with Gasteiger partial charge in [-0.15, -0.1) is 0 Å². The van der Waals surface area contributed by atoms with E-state index in [1.54, 1.807) is 18.2 Å². The normalized spacial score (nSPS) is 16.0. The third-order valence-electron chi connectivity index (χ3n) is 4.68. The van der Waals surface area contributed by atoms with Crippen molar-refractivity contribution in [3.63, 3.8) is 0 Å². The Kier molecular flexibility index (Phi) is 6.00. The van der Waals surface area contributed by atoms with Gasteiger partial charge in [-0.1, -0.05) is 53.0 Å². The molecule has 0 saturated carbocycles. The standard InChI is InChI=1S/C20H22Cl2N2O/c1-14-4-6-15(7-5-14)19(24-10-2-3-11-24)13-23-20(25)17-9-8-16(21)12-18(17)22/h4-9,12,19H,2-3,10-11,13H2,1H3,(H,23,25). The van der Waals surface area contributed by atoms with Crippen LogP contribution in [-0.4, -0.2) is 30.4 Å². The average Bonchev–Trinajstić information content (AvgIpc) is 3.10. The van der Waals surface area contributed by atoms with Gasteiger partial charge in [0.05, 0.1) is 16.6 Å². The lowest BCUT2D eigenvalue weighted by Crippen LogP contribution is -2.36. The van der Waals surface area contributed by atoms with Crippen molar-refractivity contribution < 1.29 is 4.79 Å². The molecule has 0 radical (unpaired) electrons. The SMILES string of the molecule is Cc1ccc(C(CNC(=O)c2ccc(Cl)cc2Cl)N2CCCC2)cc1. The molecule has 2 aromatic rings. The number of amides is 1. The molecular formula is C20H22Cl2N2O. The third-order valence-corrected chi connectivity index (χ3v) is 5.22. The van der Waals surface area contributed by atoms with E-state index in [0.29, 0.717) is 22.2 Å². The van der Waals surface area contributed by atoms with Crippen LogP contribution in [0.1, 0.15) is 40.4 Å². The zero-order valence-corrected chi connectivity index (χ0v) is 15.8. The predicted octanol–water partition coefficient (Wildman–Crippen LogP) is 4.87. The minimum atomic E-state index is -0.169. The van der Waals surface area contributed by atoms with E-state index < -0.39 is 0 Å². The minimum Gasteiger partial charge on any atom is -0.350 e. The van der Waals surface area contributed by atoms with Gasteiger partial charge in [-0.3, -0.25) is 9.69 Å². The minimum absolute atomic E-state index is 0.169. The number of nitrogens with zero attached hydrogens (tertiary/aromatic N) is 1. The molecule has 5 heteroatoms. The maximum atomic E-state index is 12.5. The molecular weight excluding hydrogens is 355 g/mol. The fourth-order valence-corrected chi connectivity index (χ4v) is 3.75. The number of hydrogen-bond donors (Lipinski definition) is 1. The highest BCUT2D eigenvalue weighted by Gasteiger charge is 2.24. The maximum Gasteiger partial charge on any atom is 0.252 e. The molecule has 1 fully saturated rings. The number of halogens is 2. The largest absolute Gasteiger partial charge is 0.350 e. The second-order valence-electron chi connectivity index (χ2n) is 6.50. The van der Waals surface area contributed by atoms with Crippen LogP contribution in [0.5, 0.6) is 0 Å². The Balaban J connectivity index is 1.73. The Labute approximate surface area is 158 Å². The molecule has 132 valence electrons. The summed E-state index contributed by atoms with van der Waals surface area (Å²) in [6, 6.07) is 13.7. The molecule has 0 aliphatic carbocycles. The molecule has 1 amide bonds.